The van der Waals surface area contributed by atoms with E-state index in [4.69, 9.17) is 9.47 Å². The van der Waals surface area contributed by atoms with Gasteiger partial charge in [0.05, 0.1) is 12.2 Å². The van der Waals surface area contributed by atoms with Crippen molar-refractivity contribution < 1.29 is 29.0 Å². The number of rotatable bonds is 5. The van der Waals surface area contributed by atoms with Gasteiger partial charge in [0.15, 0.2) is 0 Å². The third-order valence-electron chi connectivity index (χ3n) is 5.45. The lowest BCUT2D eigenvalue weighted by Gasteiger charge is -2.34. The van der Waals surface area contributed by atoms with Crippen LogP contribution in [0.3, 0.4) is 0 Å². The van der Waals surface area contributed by atoms with Gasteiger partial charge in [-0.15, -0.1) is 0 Å². The van der Waals surface area contributed by atoms with Gasteiger partial charge in [-0.1, -0.05) is 24.3 Å². The fraction of sp³-hybridized carbons (Fsp3) is 0.261. The molecular weight excluding hydrogens is 386 g/mol. The molecule has 0 spiro atoms. The van der Waals surface area contributed by atoms with Crippen molar-refractivity contribution in [1.82, 2.24) is 0 Å². The molecule has 2 aliphatic rings. The van der Waals surface area contributed by atoms with Crippen molar-refractivity contribution in [1.29, 1.82) is 0 Å². The number of allylic oxidation sites excluding steroid dienone is 2. The van der Waals surface area contributed by atoms with Crippen LogP contribution in [0.1, 0.15) is 45.5 Å². The number of carbonyl (C=O) groups excluding carboxylic acids is 2. The first-order chi connectivity index (χ1) is 14.5. The molecule has 1 heterocycles. The summed E-state index contributed by atoms with van der Waals surface area (Å²) in [7, 11) is 0. The second-order valence-corrected chi connectivity index (χ2v) is 7.22. The van der Waals surface area contributed by atoms with Gasteiger partial charge in [0.25, 0.3) is 0 Å². The highest BCUT2D eigenvalue weighted by molar-refractivity contribution is 5.96. The molecule has 30 heavy (non-hydrogen) atoms. The van der Waals surface area contributed by atoms with Gasteiger partial charge in [0, 0.05) is 17.5 Å². The van der Waals surface area contributed by atoms with Crippen LogP contribution in [-0.2, 0) is 9.53 Å². The lowest BCUT2D eigenvalue weighted by Crippen LogP contribution is -2.41. The van der Waals surface area contributed by atoms with Gasteiger partial charge in [-0.25, -0.2) is 14.4 Å². The number of aliphatic carboxylic acids is 1. The summed E-state index contributed by atoms with van der Waals surface area (Å²) in [6.45, 7) is 1.92. The van der Waals surface area contributed by atoms with Crippen LogP contribution in [0.5, 0.6) is 5.75 Å². The molecular formula is C23H21NO6. The van der Waals surface area contributed by atoms with E-state index in [9.17, 15) is 19.5 Å². The molecule has 4 rings (SSSR count). The number of fused-ring (bicyclic) bond motifs is 3. The molecule has 2 aromatic rings. The molecule has 1 aliphatic heterocycles. The Kier molecular flexibility index (Phi) is 5.27. The first kappa shape index (κ1) is 19.7. The van der Waals surface area contributed by atoms with Crippen LogP contribution in [0.2, 0.25) is 0 Å². The first-order valence-electron chi connectivity index (χ1n) is 9.78. The lowest BCUT2D eigenvalue weighted by molar-refractivity contribution is -0.139. The van der Waals surface area contributed by atoms with Crippen molar-refractivity contribution in [3.8, 4) is 5.75 Å². The Bertz CT molecular complexity index is 1040. The van der Waals surface area contributed by atoms with E-state index in [0.29, 0.717) is 17.7 Å². The molecule has 0 bridgehead atoms. The van der Waals surface area contributed by atoms with Crippen LogP contribution in [-0.4, -0.2) is 35.7 Å². The molecule has 0 radical (unpaired) electrons. The predicted octanol–water partition coefficient (Wildman–Crippen LogP) is 3.62. The molecule has 0 fully saturated rings. The molecule has 0 saturated carbocycles. The van der Waals surface area contributed by atoms with Gasteiger partial charge in [0.2, 0.25) is 0 Å². The zero-order chi connectivity index (χ0) is 21.3. The van der Waals surface area contributed by atoms with E-state index < -0.39 is 23.9 Å². The molecule has 1 aliphatic carbocycles. The minimum Gasteiger partial charge on any atom is -0.480 e. The Morgan fingerprint density at radius 2 is 1.93 bits per heavy atom. The summed E-state index contributed by atoms with van der Waals surface area (Å²) in [5.74, 6) is -2.12. The summed E-state index contributed by atoms with van der Waals surface area (Å²) in [5, 5.41) is 12.6. The molecule has 2 aromatic carbocycles. The van der Waals surface area contributed by atoms with Crippen LogP contribution in [0, 0.1) is 5.92 Å². The third-order valence-corrected chi connectivity index (χ3v) is 5.45. The Morgan fingerprint density at radius 1 is 1.13 bits per heavy atom. The number of nitrogens with one attached hydrogen (secondary N) is 1. The van der Waals surface area contributed by atoms with Gasteiger partial charge in [-0.2, -0.15) is 0 Å². The van der Waals surface area contributed by atoms with Crippen LogP contribution in [0.25, 0.3) is 0 Å². The van der Waals surface area contributed by atoms with Gasteiger partial charge in [-0.05, 0) is 49.2 Å². The molecule has 154 valence electrons. The molecule has 7 nitrogen and oxygen atoms in total. The van der Waals surface area contributed by atoms with Crippen molar-refractivity contribution in [2.75, 3.05) is 11.9 Å². The number of para-hydroxylation sites is 1. The number of benzene rings is 2. The molecule has 0 amide bonds. The van der Waals surface area contributed by atoms with E-state index in [1.165, 1.54) is 12.1 Å². The van der Waals surface area contributed by atoms with Gasteiger partial charge >= 0.3 is 17.9 Å². The highest BCUT2D eigenvalue weighted by atomic mass is 16.5. The quantitative estimate of drug-likeness (QED) is 0.443. The minimum atomic E-state index is -0.890. The first-order valence-corrected chi connectivity index (χ1v) is 9.78. The maximum atomic E-state index is 12.8. The standard InChI is InChI=1S/C23H21NO6/c1-2-29-23(28)16-6-3-4-9-19(16)30-22(27)13-10-11-18-17(12-13)14-7-5-8-15(14)20(24-18)21(25)26/h3-7,9-12,14-15,20,24H,2,8H2,1H3,(H,25,26)/t14-,15-,20-/m1/s1. The van der Waals surface area contributed by atoms with Crippen molar-refractivity contribution in [2.24, 2.45) is 5.92 Å². The topological polar surface area (TPSA) is 102 Å². The number of hydrogen-bond acceptors (Lipinski definition) is 6. The second kappa shape index (κ2) is 8.02. The average Bonchev–Trinajstić information content (AvgIpc) is 3.23. The van der Waals surface area contributed by atoms with E-state index in [0.717, 1.165) is 5.56 Å². The summed E-state index contributed by atoms with van der Waals surface area (Å²) in [6.07, 6.45) is 4.63. The largest absolute Gasteiger partial charge is 0.480 e. The number of carbonyl (C=O) groups is 3. The lowest BCUT2D eigenvalue weighted by atomic mass is 9.79. The van der Waals surface area contributed by atoms with Crippen molar-refractivity contribution >= 4 is 23.6 Å². The molecule has 0 saturated heterocycles. The van der Waals surface area contributed by atoms with Crippen LogP contribution >= 0.6 is 0 Å². The van der Waals surface area contributed by atoms with Crippen molar-refractivity contribution in [3.63, 3.8) is 0 Å². The Labute approximate surface area is 173 Å². The Morgan fingerprint density at radius 3 is 2.70 bits per heavy atom. The van der Waals surface area contributed by atoms with E-state index in [1.54, 1.807) is 37.3 Å². The van der Waals surface area contributed by atoms with Crippen molar-refractivity contribution in [3.05, 3.63) is 71.3 Å². The zero-order valence-electron chi connectivity index (χ0n) is 16.3. The van der Waals surface area contributed by atoms with Gasteiger partial charge in [0.1, 0.15) is 17.4 Å². The highest BCUT2D eigenvalue weighted by Crippen LogP contribution is 2.44. The summed E-state index contributed by atoms with van der Waals surface area (Å²) in [4.78, 5) is 36.5. The molecule has 7 heteroatoms. The summed E-state index contributed by atoms with van der Waals surface area (Å²) < 4.78 is 10.5. The molecule has 2 N–H and O–H groups in total. The Balaban J connectivity index is 1.61. The maximum Gasteiger partial charge on any atom is 0.343 e. The van der Waals surface area contributed by atoms with Crippen molar-refractivity contribution in [2.45, 2.75) is 25.3 Å². The molecule has 0 aromatic heterocycles. The minimum absolute atomic E-state index is 0.0816. The summed E-state index contributed by atoms with van der Waals surface area (Å²) in [5.41, 5.74) is 2.05. The smallest absolute Gasteiger partial charge is 0.343 e. The number of anilines is 1. The van der Waals surface area contributed by atoms with E-state index in [-0.39, 0.29) is 29.8 Å². The van der Waals surface area contributed by atoms with E-state index in [2.05, 4.69) is 5.32 Å². The van der Waals surface area contributed by atoms with E-state index >= 15 is 0 Å². The fourth-order valence-electron chi connectivity index (χ4n) is 4.06. The van der Waals surface area contributed by atoms with Crippen LogP contribution < -0.4 is 10.1 Å². The predicted molar refractivity (Wildman–Crippen MR) is 109 cm³/mol. The zero-order valence-corrected chi connectivity index (χ0v) is 16.3. The number of esters is 2. The number of carboxylic acids is 1. The van der Waals surface area contributed by atoms with Crippen LogP contribution in [0.15, 0.2) is 54.6 Å². The summed E-state index contributed by atoms with van der Waals surface area (Å²) in [6, 6.07) is 10.7. The van der Waals surface area contributed by atoms with Gasteiger partial charge in [-0.3, -0.25) is 0 Å². The number of ether oxygens (including phenoxy) is 2. The molecule has 3 atom stereocenters. The fourth-order valence-corrected chi connectivity index (χ4v) is 4.06. The number of hydrogen-bond donors (Lipinski definition) is 2. The Hall–Kier alpha value is -3.61. The van der Waals surface area contributed by atoms with E-state index in [1.807, 2.05) is 12.2 Å². The maximum absolute atomic E-state index is 12.8. The highest BCUT2D eigenvalue weighted by Gasteiger charge is 2.41. The average molecular weight is 407 g/mol. The SMILES string of the molecule is CCOC(=O)c1ccccc1OC(=O)c1ccc2c(c1)[C@@H]1C=CC[C@H]1[C@H](C(=O)O)N2. The normalized spacial score (nSPS) is 21.2. The van der Waals surface area contributed by atoms with Crippen LogP contribution in [0.4, 0.5) is 5.69 Å². The molecule has 0 unspecified atom stereocenters. The second-order valence-electron chi connectivity index (χ2n) is 7.22. The monoisotopic (exact) mass is 407 g/mol. The van der Waals surface area contributed by atoms with Gasteiger partial charge < -0.3 is 19.9 Å². The summed E-state index contributed by atoms with van der Waals surface area (Å²) >= 11 is 0. The third kappa shape index (κ3) is 3.54. The number of carboxylic acid groups (broad SMARTS) is 1.